The van der Waals surface area contributed by atoms with E-state index in [1.165, 1.54) is 16.5 Å². The first-order chi connectivity index (χ1) is 8.16. The molecule has 3 N–H and O–H groups in total. The SMILES string of the molecule is CC(O)CC(C)NCc1cccc2cc[nH]c12. The molecule has 1 heterocycles. The lowest BCUT2D eigenvalue weighted by molar-refractivity contribution is 0.170. The van der Waals surface area contributed by atoms with Gasteiger partial charge in [0.1, 0.15) is 0 Å². The molecule has 0 amide bonds. The predicted molar refractivity (Wildman–Crippen MR) is 70.9 cm³/mol. The summed E-state index contributed by atoms with van der Waals surface area (Å²) in [5.74, 6) is 0. The molecule has 0 bridgehead atoms. The van der Waals surface area contributed by atoms with E-state index in [0.29, 0.717) is 6.04 Å². The van der Waals surface area contributed by atoms with Crippen molar-refractivity contribution in [3.63, 3.8) is 0 Å². The quantitative estimate of drug-likeness (QED) is 0.741. The molecule has 92 valence electrons. The fourth-order valence-corrected chi connectivity index (χ4v) is 2.18. The van der Waals surface area contributed by atoms with Gasteiger partial charge < -0.3 is 15.4 Å². The number of hydrogen-bond acceptors (Lipinski definition) is 2. The minimum Gasteiger partial charge on any atom is -0.393 e. The number of aliphatic hydroxyl groups excluding tert-OH is 1. The second-order valence-electron chi connectivity index (χ2n) is 4.73. The predicted octanol–water partition coefficient (Wildman–Crippen LogP) is 2.42. The number of benzene rings is 1. The number of H-pyrrole nitrogens is 1. The summed E-state index contributed by atoms with van der Waals surface area (Å²) >= 11 is 0. The Morgan fingerprint density at radius 3 is 2.88 bits per heavy atom. The Balaban J connectivity index is 2.01. The molecule has 3 nitrogen and oxygen atoms in total. The molecule has 2 atom stereocenters. The zero-order valence-electron chi connectivity index (χ0n) is 10.4. The summed E-state index contributed by atoms with van der Waals surface area (Å²) in [6.07, 6.45) is 2.49. The molecule has 3 heteroatoms. The van der Waals surface area contributed by atoms with E-state index in [1.54, 1.807) is 0 Å². The Labute approximate surface area is 102 Å². The zero-order chi connectivity index (χ0) is 12.3. The number of aromatic nitrogens is 1. The second kappa shape index (κ2) is 5.34. The number of aliphatic hydroxyl groups is 1. The summed E-state index contributed by atoms with van der Waals surface area (Å²) in [7, 11) is 0. The fourth-order valence-electron chi connectivity index (χ4n) is 2.18. The Morgan fingerprint density at radius 1 is 1.29 bits per heavy atom. The van der Waals surface area contributed by atoms with Crippen LogP contribution in [0, 0.1) is 0 Å². The lowest BCUT2D eigenvalue weighted by Crippen LogP contribution is -2.28. The van der Waals surface area contributed by atoms with Gasteiger partial charge in [-0.05, 0) is 37.3 Å². The van der Waals surface area contributed by atoms with Gasteiger partial charge in [-0.1, -0.05) is 18.2 Å². The molecule has 17 heavy (non-hydrogen) atoms. The average Bonchev–Trinajstić information content (AvgIpc) is 2.73. The van der Waals surface area contributed by atoms with Crippen LogP contribution < -0.4 is 5.32 Å². The van der Waals surface area contributed by atoms with Gasteiger partial charge >= 0.3 is 0 Å². The standard InChI is InChI=1S/C14H20N2O/c1-10(8-11(2)17)16-9-13-5-3-4-12-6-7-15-14(12)13/h3-7,10-11,15-17H,8-9H2,1-2H3. The van der Waals surface area contributed by atoms with Crippen molar-refractivity contribution in [2.45, 2.75) is 39.0 Å². The van der Waals surface area contributed by atoms with E-state index in [2.05, 4.69) is 41.5 Å². The van der Waals surface area contributed by atoms with E-state index in [1.807, 2.05) is 13.1 Å². The summed E-state index contributed by atoms with van der Waals surface area (Å²) < 4.78 is 0. The van der Waals surface area contributed by atoms with Crippen molar-refractivity contribution in [2.75, 3.05) is 0 Å². The van der Waals surface area contributed by atoms with Gasteiger partial charge in [-0.3, -0.25) is 0 Å². The van der Waals surface area contributed by atoms with Crippen molar-refractivity contribution in [1.29, 1.82) is 0 Å². The van der Waals surface area contributed by atoms with Crippen LogP contribution in [0.15, 0.2) is 30.5 Å². The lowest BCUT2D eigenvalue weighted by atomic mass is 10.1. The average molecular weight is 232 g/mol. The van der Waals surface area contributed by atoms with Crippen molar-refractivity contribution in [1.82, 2.24) is 10.3 Å². The lowest BCUT2D eigenvalue weighted by Gasteiger charge is -2.15. The highest BCUT2D eigenvalue weighted by Crippen LogP contribution is 2.16. The first kappa shape index (κ1) is 12.1. The Morgan fingerprint density at radius 2 is 2.12 bits per heavy atom. The maximum atomic E-state index is 9.31. The van der Waals surface area contributed by atoms with Gasteiger partial charge in [0.25, 0.3) is 0 Å². The number of aromatic amines is 1. The minimum absolute atomic E-state index is 0.251. The van der Waals surface area contributed by atoms with Crippen LogP contribution in [0.5, 0.6) is 0 Å². The highest BCUT2D eigenvalue weighted by molar-refractivity contribution is 5.82. The van der Waals surface area contributed by atoms with Crippen LogP contribution in [-0.4, -0.2) is 22.2 Å². The van der Waals surface area contributed by atoms with E-state index in [0.717, 1.165) is 13.0 Å². The van der Waals surface area contributed by atoms with Crippen molar-refractivity contribution >= 4 is 10.9 Å². The Bertz CT molecular complexity index is 476. The highest BCUT2D eigenvalue weighted by atomic mass is 16.3. The normalized spacial score (nSPS) is 15.0. The third kappa shape index (κ3) is 3.08. The summed E-state index contributed by atoms with van der Waals surface area (Å²) in [6, 6.07) is 8.71. The number of para-hydroxylation sites is 1. The van der Waals surface area contributed by atoms with E-state index in [9.17, 15) is 5.11 Å². The summed E-state index contributed by atoms with van der Waals surface area (Å²) in [5, 5.41) is 14.0. The van der Waals surface area contributed by atoms with Crippen LogP contribution in [0.1, 0.15) is 25.8 Å². The first-order valence-electron chi connectivity index (χ1n) is 6.13. The fraction of sp³-hybridized carbons (Fsp3) is 0.429. The van der Waals surface area contributed by atoms with Crippen LogP contribution in [0.3, 0.4) is 0 Å². The van der Waals surface area contributed by atoms with Gasteiger partial charge in [-0.15, -0.1) is 0 Å². The number of fused-ring (bicyclic) bond motifs is 1. The first-order valence-corrected chi connectivity index (χ1v) is 6.13. The third-order valence-corrected chi connectivity index (χ3v) is 3.01. The molecule has 0 fully saturated rings. The second-order valence-corrected chi connectivity index (χ2v) is 4.73. The molecular formula is C14H20N2O. The van der Waals surface area contributed by atoms with E-state index in [4.69, 9.17) is 0 Å². The molecule has 2 aromatic rings. The van der Waals surface area contributed by atoms with Gasteiger partial charge in [-0.25, -0.2) is 0 Å². The monoisotopic (exact) mass is 232 g/mol. The van der Waals surface area contributed by atoms with Crippen LogP contribution in [0.4, 0.5) is 0 Å². The topological polar surface area (TPSA) is 48.0 Å². The van der Waals surface area contributed by atoms with Crippen LogP contribution in [0.2, 0.25) is 0 Å². The van der Waals surface area contributed by atoms with Gasteiger partial charge in [0.2, 0.25) is 0 Å². The van der Waals surface area contributed by atoms with Gasteiger partial charge in [0, 0.05) is 24.3 Å². The molecule has 1 aromatic carbocycles. The Hall–Kier alpha value is -1.32. The molecule has 0 saturated carbocycles. The third-order valence-electron chi connectivity index (χ3n) is 3.01. The summed E-state index contributed by atoms with van der Waals surface area (Å²) in [5.41, 5.74) is 2.47. The number of rotatable bonds is 5. The van der Waals surface area contributed by atoms with E-state index < -0.39 is 0 Å². The van der Waals surface area contributed by atoms with Gasteiger partial charge in [0.15, 0.2) is 0 Å². The van der Waals surface area contributed by atoms with Crippen LogP contribution >= 0.6 is 0 Å². The maximum Gasteiger partial charge on any atom is 0.0526 e. The van der Waals surface area contributed by atoms with Crippen molar-refractivity contribution in [2.24, 2.45) is 0 Å². The number of hydrogen-bond donors (Lipinski definition) is 3. The smallest absolute Gasteiger partial charge is 0.0526 e. The molecule has 2 unspecified atom stereocenters. The molecule has 0 aliphatic carbocycles. The Kier molecular flexibility index (Phi) is 3.82. The maximum absolute atomic E-state index is 9.31. The van der Waals surface area contributed by atoms with E-state index >= 15 is 0 Å². The molecule has 2 rings (SSSR count). The molecule has 1 aromatic heterocycles. The molecule has 0 spiro atoms. The molecule has 0 aliphatic rings. The minimum atomic E-state index is -0.251. The summed E-state index contributed by atoms with van der Waals surface area (Å²) in [6.45, 7) is 4.75. The van der Waals surface area contributed by atoms with Gasteiger partial charge in [0.05, 0.1) is 6.10 Å². The molecule has 0 radical (unpaired) electrons. The number of nitrogens with one attached hydrogen (secondary N) is 2. The van der Waals surface area contributed by atoms with Crippen molar-refractivity contribution in [3.8, 4) is 0 Å². The van der Waals surface area contributed by atoms with Crippen molar-refractivity contribution < 1.29 is 5.11 Å². The van der Waals surface area contributed by atoms with Gasteiger partial charge in [-0.2, -0.15) is 0 Å². The van der Waals surface area contributed by atoms with Crippen LogP contribution in [-0.2, 0) is 6.54 Å². The zero-order valence-corrected chi connectivity index (χ0v) is 10.4. The van der Waals surface area contributed by atoms with Crippen LogP contribution in [0.25, 0.3) is 10.9 Å². The van der Waals surface area contributed by atoms with Crippen molar-refractivity contribution in [3.05, 3.63) is 36.0 Å². The largest absolute Gasteiger partial charge is 0.393 e. The highest BCUT2D eigenvalue weighted by Gasteiger charge is 2.07. The van der Waals surface area contributed by atoms with E-state index in [-0.39, 0.29) is 6.10 Å². The molecular weight excluding hydrogens is 212 g/mol. The molecule has 0 aliphatic heterocycles. The summed E-state index contributed by atoms with van der Waals surface area (Å²) in [4.78, 5) is 3.26. The molecule has 0 saturated heterocycles.